The Morgan fingerprint density at radius 1 is 1.29 bits per heavy atom. The summed E-state index contributed by atoms with van der Waals surface area (Å²) >= 11 is 0. The second kappa shape index (κ2) is 3.66. The number of aryl methyl sites for hydroxylation is 1. The van der Waals surface area contributed by atoms with Gasteiger partial charge < -0.3 is 4.98 Å². The van der Waals surface area contributed by atoms with Crippen molar-refractivity contribution in [2.45, 2.75) is 13.5 Å². The summed E-state index contributed by atoms with van der Waals surface area (Å²) in [4.78, 5) is 23.5. The molecule has 4 nitrogen and oxygen atoms in total. The molecule has 0 aliphatic carbocycles. The van der Waals surface area contributed by atoms with Crippen LogP contribution in [-0.4, -0.2) is 16.2 Å². The Kier molecular flexibility index (Phi) is 2.14. The molecule has 0 spiro atoms. The molecule has 2 aromatic rings. The van der Waals surface area contributed by atoms with Crippen LogP contribution in [0.3, 0.4) is 0 Å². The van der Waals surface area contributed by atoms with Crippen LogP contribution < -0.4 is 5.56 Å². The standard InChI is InChI=1S/C13H11N3O/c1-8-15-11-7-14-6-9-4-2-3-5-10(9)12(11)13(17)16-8/h2-6H,7H2,1H3,(H,15,16,17). The number of hydrogen-bond donors (Lipinski definition) is 1. The fourth-order valence-corrected chi connectivity index (χ4v) is 2.10. The quantitative estimate of drug-likeness (QED) is 0.741. The number of aliphatic imine (C=N–C) groups is 1. The lowest BCUT2D eigenvalue weighted by molar-refractivity contribution is 0.920. The highest BCUT2D eigenvalue weighted by atomic mass is 16.1. The molecule has 0 bridgehead atoms. The average Bonchev–Trinajstić information content (AvgIpc) is 2.47. The molecule has 1 aliphatic rings. The Labute approximate surface area is 98.1 Å². The lowest BCUT2D eigenvalue weighted by Crippen LogP contribution is -2.15. The molecule has 0 saturated heterocycles. The monoisotopic (exact) mass is 225 g/mol. The van der Waals surface area contributed by atoms with E-state index in [0.717, 1.165) is 16.8 Å². The SMILES string of the molecule is Cc1nc2c(c(=O)[nH]1)-c1ccccc1C=NC2. The second-order valence-corrected chi connectivity index (χ2v) is 4.03. The van der Waals surface area contributed by atoms with Crippen molar-refractivity contribution in [1.29, 1.82) is 0 Å². The third-order valence-electron chi connectivity index (χ3n) is 2.81. The maximum atomic E-state index is 12.0. The van der Waals surface area contributed by atoms with Crippen LogP contribution in [-0.2, 0) is 6.54 Å². The van der Waals surface area contributed by atoms with Crippen molar-refractivity contribution in [2.75, 3.05) is 0 Å². The lowest BCUT2D eigenvalue weighted by Gasteiger charge is -2.06. The zero-order chi connectivity index (χ0) is 11.8. The minimum Gasteiger partial charge on any atom is -0.310 e. The van der Waals surface area contributed by atoms with E-state index >= 15 is 0 Å². The highest BCUT2D eigenvalue weighted by Crippen LogP contribution is 2.24. The van der Waals surface area contributed by atoms with Crippen molar-refractivity contribution in [2.24, 2.45) is 4.99 Å². The van der Waals surface area contributed by atoms with Crippen molar-refractivity contribution >= 4 is 6.21 Å². The fraction of sp³-hybridized carbons (Fsp3) is 0.154. The molecular weight excluding hydrogens is 214 g/mol. The maximum Gasteiger partial charge on any atom is 0.259 e. The van der Waals surface area contributed by atoms with Gasteiger partial charge in [-0.05, 0) is 12.5 Å². The Bertz CT molecular complexity index is 671. The molecule has 0 fully saturated rings. The lowest BCUT2D eigenvalue weighted by atomic mass is 10.0. The first-order valence-corrected chi connectivity index (χ1v) is 5.45. The zero-order valence-electron chi connectivity index (χ0n) is 9.40. The van der Waals surface area contributed by atoms with Gasteiger partial charge in [0.15, 0.2) is 0 Å². The fourth-order valence-electron chi connectivity index (χ4n) is 2.10. The van der Waals surface area contributed by atoms with Crippen LogP contribution in [0.2, 0.25) is 0 Å². The Hall–Kier alpha value is -2.23. The Balaban J connectivity index is 2.41. The first-order valence-electron chi connectivity index (χ1n) is 5.45. The Morgan fingerprint density at radius 2 is 2.12 bits per heavy atom. The van der Waals surface area contributed by atoms with Crippen LogP contribution >= 0.6 is 0 Å². The molecular formula is C13H11N3O. The molecule has 4 heteroatoms. The number of H-pyrrole nitrogens is 1. The van der Waals surface area contributed by atoms with E-state index in [-0.39, 0.29) is 5.56 Å². The van der Waals surface area contributed by atoms with E-state index in [1.165, 1.54) is 0 Å². The molecule has 2 heterocycles. The van der Waals surface area contributed by atoms with Crippen LogP contribution in [0.25, 0.3) is 11.1 Å². The van der Waals surface area contributed by atoms with Gasteiger partial charge in [-0.3, -0.25) is 9.79 Å². The molecule has 84 valence electrons. The molecule has 0 amide bonds. The van der Waals surface area contributed by atoms with Gasteiger partial charge >= 0.3 is 0 Å². The average molecular weight is 225 g/mol. The number of aromatic nitrogens is 2. The molecule has 1 N–H and O–H groups in total. The van der Waals surface area contributed by atoms with E-state index in [1.807, 2.05) is 24.3 Å². The number of benzene rings is 1. The third kappa shape index (κ3) is 1.58. The van der Waals surface area contributed by atoms with Crippen LogP contribution in [0.1, 0.15) is 17.1 Å². The predicted molar refractivity (Wildman–Crippen MR) is 66.3 cm³/mol. The number of nitrogens with one attached hydrogen (secondary N) is 1. The zero-order valence-corrected chi connectivity index (χ0v) is 9.40. The third-order valence-corrected chi connectivity index (χ3v) is 2.81. The van der Waals surface area contributed by atoms with Gasteiger partial charge in [-0.15, -0.1) is 0 Å². The number of rotatable bonds is 0. The largest absolute Gasteiger partial charge is 0.310 e. The van der Waals surface area contributed by atoms with E-state index < -0.39 is 0 Å². The maximum absolute atomic E-state index is 12.0. The molecule has 1 aromatic carbocycles. The minimum atomic E-state index is -0.0922. The van der Waals surface area contributed by atoms with Gasteiger partial charge in [0.05, 0.1) is 17.8 Å². The van der Waals surface area contributed by atoms with Crippen molar-refractivity contribution in [1.82, 2.24) is 9.97 Å². The molecule has 0 atom stereocenters. The van der Waals surface area contributed by atoms with E-state index in [9.17, 15) is 4.79 Å². The summed E-state index contributed by atoms with van der Waals surface area (Å²) in [6.07, 6.45) is 1.80. The first-order chi connectivity index (χ1) is 8.25. The summed E-state index contributed by atoms with van der Waals surface area (Å²) in [5.74, 6) is 0.628. The van der Waals surface area contributed by atoms with Crippen LogP contribution in [0, 0.1) is 6.92 Å². The normalized spacial score (nSPS) is 12.8. The summed E-state index contributed by atoms with van der Waals surface area (Å²) in [5, 5.41) is 0. The van der Waals surface area contributed by atoms with Crippen LogP contribution in [0.4, 0.5) is 0 Å². The van der Waals surface area contributed by atoms with Crippen molar-refractivity contribution in [3.05, 3.63) is 51.7 Å². The van der Waals surface area contributed by atoms with Gasteiger partial charge in [0.25, 0.3) is 5.56 Å². The molecule has 3 rings (SSSR count). The van der Waals surface area contributed by atoms with Gasteiger partial charge in [0.2, 0.25) is 0 Å². The van der Waals surface area contributed by atoms with E-state index in [4.69, 9.17) is 0 Å². The van der Waals surface area contributed by atoms with Gasteiger partial charge in [0.1, 0.15) is 5.82 Å². The number of nitrogens with zero attached hydrogens (tertiary/aromatic N) is 2. The molecule has 0 radical (unpaired) electrons. The number of hydrogen-bond acceptors (Lipinski definition) is 3. The second-order valence-electron chi connectivity index (χ2n) is 4.03. The van der Waals surface area contributed by atoms with E-state index in [2.05, 4.69) is 15.0 Å². The molecule has 0 saturated carbocycles. The summed E-state index contributed by atoms with van der Waals surface area (Å²) in [6.45, 7) is 2.23. The molecule has 0 unspecified atom stereocenters. The van der Waals surface area contributed by atoms with Crippen molar-refractivity contribution < 1.29 is 0 Å². The smallest absolute Gasteiger partial charge is 0.259 e. The number of aromatic amines is 1. The Morgan fingerprint density at radius 3 is 3.00 bits per heavy atom. The van der Waals surface area contributed by atoms with E-state index in [0.29, 0.717) is 17.9 Å². The van der Waals surface area contributed by atoms with Crippen molar-refractivity contribution in [3.8, 4) is 11.1 Å². The molecule has 1 aliphatic heterocycles. The first kappa shape index (κ1) is 9.96. The predicted octanol–water partition coefficient (Wildman–Crippen LogP) is 1.68. The highest BCUT2D eigenvalue weighted by molar-refractivity contribution is 5.91. The topological polar surface area (TPSA) is 58.1 Å². The molecule has 1 aromatic heterocycles. The van der Waals surface area contributed by atoms with Gasteiger partial charge in [-0.1, -0.05) is 24.3 Å². The summed E-state index contributed by atoms with van der Waals surface area (Å²) < 4.78 is 0. The molecule has 17 heavy (non-hydrogen) atoms. The minimum absolute atomic E-state index is 0.0922. The van der Waals surface area contributed by atoms with Gasteiger partial charge in [-0.2, -0.15) is 0 Å². The number of fused-ring (bicyclic) bond motifs is 3. The van der Waals surface area contributed by atoms with Crippen LogP contribution in [0.15, 0.2) is 34.1 Å². The summed E-state index contributed by atoms with van der Waals surface area (Å²) in [7, 11) is 0. The van der Waals surface area contributed by atoms with Crippen LogP contribution in [0.5, 0.6) is 0 Å². The summed E-state index contributed by atoms with van der Waals surface area (Å²) in [6, 6.07) is 7.73. The van der Waals surface area contributed by atoms with Crippen molar-refractivity contribution in [3.63, 3.8) is 0 Å². The highest BCUT2D eigenvalue weighted by Gasteiger charge is 2.16. The van der Waals surface area contributed by atoms with E-state index in [1.54, 1.807) is 13.1 Å². The van der Waals surface area contributed by atoms with Gasteiger partial charge in [-0.25, -0.2) is 4.98 Å². The van der Waals surface area contributed by atoms with Gasteiger partial charge in [0, 0.05) is 11.8 Å². The summed E-state index contributed by atoms with van der Waals surface area (Å²) in [5.41, 5.74) is 3.15.